The van der Waals surface area contributed by atoms with Gasteiger partial charge in [0, 0.05) is 23.8 Å². The van der Waals surface area contributed by atoms with Gasteiger partial charge in [-0.2, -0.15) is 0 Å². The summed E-state index contributed by atoms with van der Waals surface area (Å²) in [6.07, 6.45) is 0. The van der Waals surface area contributed by atoms with Crippen molar-refractivity contribution in [1.82, 2.24) is 0 Å². The number of halogens is 1. The van der Waals surface area contributed by atoms with Gasteiger partial charge in [0.05, 0.1) is 19.4 Å². The lowest BCUT2D eigenvalue weighted by Gasteiger charge is -2.08. The van der Waals surface area contributed by atoms with Crippen LogP contribution in [0.2, 0.25) is 0 Å². The highest BCUT2D eigenvalue weighted by atomic mass is 32.2. The van der Waals surface area contributed by atoms with Gasteiger partial charge in [0.2, 0.25) is 0 Å². The highest BCUT2D eigenvalue weighted by Gasteiger charge is 2.08. The first-order chi connectivity index (χ1) is 7.19. The van der Waals surface area contributed by atoms with Crippen LogP contribution in [0.25, 0.3) is 0 Å². The van der Waals surface area contributed by atoms with Crippen molar-refractivity contribution in [3.05, 3.63) is 17.9 Å². The van der Waals surface area contributed by atoms with Crippen LogP contribution >= 0.6 is 11.8 Å². The van der Waals surface area contributed by atoms with Crippen LogP contribution in [0.3, 0.4) is 0 Å². The standard InChI is InChI=1S/C10H14FNO2S/c1-13-3-4-15-10-6-9(14-2)8(12)5-7(10)11/h5-6H,3-4,12H2,1-2H3. The Morgan fingerprint density at radius 3 is 2.73 bits per heavy atom. The molecule has 0 saturated carbocycles. The molecule has 2 N–H and O–H groups in total. The van der Waals surface area contributed by atoms with E-state index in [2.05, 4.69) is 0 Å². The second-order valence-electron chi connectivity index (χ2n) is 2.87. The van der Waals surface area contributed by atoms with Gasteiger partial charge in [-0.05, 0) is 6.07 Å². The van der Waals surface area contributed by atoms with Crippen molar-refractivity contribution >= 4 is 17.4 Å². The number of hydrogen-bond acceptors (Lipinski definition) is 4. The lowest BCUT2D eigenvalue weighted by atomic mass is 10.3. The molecule has 1 rings (SSSR count). The van der Waals surface area contributed by atoms with Crippen molar-refractivity contribution in [2.24, 2.45) is 0 Å². The van der Waals surface area contributed by atoms with Crippen LogP contribution < -0.4 is 10.5 Å². The summed E-state index contributed by atoms with van der Waals surface area (Å²) in [4.78, 5) is 0.526. The molecule has 0 fully saturated rings. The number of rotatable bonds is 5. The van der Waals surface area contributed by atoms with E-state index in [1.165, 1.54) is 24.9 Å². The quantitative estimate of drug-likeness (QED) is 0.479. The van der Waals surface area contributed by atoms with Crippen LogP contribution in [0, 0.1) is 5.82 Å². The van der Waals surface area contributed by atoms with E-state index in [1.807, 2.05) is 0 Å². The molecule has 1 aromatic carbocycles. The summed E-state index contributed by atoms with van der Waals surface area (Å²) >= 11 is 1.37. The van der Waals surface area contributed by atoms with Gasteiger partial charge in [0.1, 0.15) is 11.6 Å². The summed E-state index contributed by atoms with van der Waals surface area (Å²) in [6.45, 7) is 0.580. The van der Waals surface area contributed by atoms with Crippen LogP contribution in [0.15, 0.2) is 17.0 Å². The number of nitrogen functional groups attached to an aromatic ring is 1. The number of nitrogens with two attached hydrogens (primary N) is 1. The zero-order chi connectivity index (χ0) is 11.3. The monoisotopic (exact) mass is 231 g/mol. The molecule has 0 saturated heterocycles. The van der Waals surface area contributed by atoms with Gasteiger partial charge < -0.3 is 15.2 Å². The number of hydrogen-bond donors (Lipinski definition) is 1. The Morgan fingerprint density at radius 2 is 2.13 bits per heavy atom. The molecule has 0 bridgehead atoms. The average Bonchev–Trinajstić information content (AvgIpc) is 2.21. The molecule has 0 heterocycles. The first-order valence-corrected chi connectivity index (χ1v) is 5.42. The third-order valence-electron chi connectivity index (χ3n) is 1.83. The molecule has 0 spiro atoms. The van der Waals surface area contributed by atoms with Crippen molar-refractivity contribution in [3.8, 4) is 5.75 Å². The first-order valence-electron chi connectivity index (χ1n) is 4.43. The minimum atomic E-state index is -0.325. The molecular weight excluding hydrogens is 217 g/mol. The molecule has 0 radical (unpaired) electrons. The maximum absolute atomic E-state index is 13.4. The molecule has 0 aliphatic heterocycles. The van der Waals surface area contributed by atoms with Crippen molar-refractivity contribution < 1.29 is 13.9 Å². The molecule has 0 atom stereocenters. The fourth-order valence-electron chi connectivity index (χ4n) is 1.07. The Bertz CT molecular complexity index is 333. The van der Waals surface area contributed by atoms with E-state index in [4.69, 9.17) is 15.2 Å². The molecule has 0 aliphatic carbocycles. The zero-order valence-electron chi connectivity index (χ0n) is 8.75. The number of ether oxygens (including phenoxy) is 2. The van der Waals surface area contributed by atoms with E-state index < -0.39 is 0 Å². The zero-order valence-corrected chi connectivity index (χ0v) is 9.57. The van der Waals surface area contributed by atoms with E-state index >= 15 is 0 Å². The minimum absolute atomic E-state index is 0.311. The fraction of sp³-hybridized carbons (Fsp3) is 0.400. The number of benzene rings is 1. The smallest absolute Gasteiger partial charge is 0.143 e. The molecule has 0 aromatic heterocycles. The van der Waals surface area contributed by atoms with Gasteiger partial charge in [-0.15, -0.1) is 11.8 Å². The largest absolute Gasteiger partial charge is 0.495 e. The number of thioether (sulfide) groups is 1. The highest BCUT2D eigenvalue weighted by Crippen LogP contribution is 2.30. The maximum atomic E-state index is 13.4. The Hall–Kier alpha value is -0.940. The van der Waals surface area contributed by atoms with Crippen molar-refractivity contribution in [3.63, 3.8) is 0 Å². The van der Waals surface area contributed by atoms with Crippen molar-refractivity contribution in [1.29, 1.82) is 0 Å². The Labute approximate surface area is 92.7 Å². The molecule has 0 aliphatic rings. The topological polar surface area (TPSA) is 44.5 Å². The summed E-state index contributed by atoms with van der Waals surface area (Å²) in [5, 5.41) is 0. The highest BCUT2D eigenvalue weighted by molar-refractivity contribution is 7.99. The lowest BCUT2D eigenvalue weighted by Crippen LogP contribution is -1.96. The van der Waals surface area contributed by atoms with Gasteiger partial charge in [-0.3, -0.25) is 0 Å². The predicted molar refractivity (Wildman–Crippen MR) is 60.0 cm³/mol. The van der Waals surface area contributed by atoms with Gasteiger partial charge in [0.15, 0.2) is 0 Å². The summed E-state index contributed by atoms with van der Waals surface area (Å²) < 4.78 is 23.3. The summed E-state index contributed by atoms with van der Waals surface area (Å²) in [5.41, 5.74) is 5.87. The molecule has 3 nitrogen and oxygen atoms in total. The summed E-state index contributed by atoms with van der Waals surface area (Å²) in [6, 6.07) is 2.87. The van der Waals surface area contributed by atoms with E-state index in [-0.39, 0.29) is 5.82 Å². The molecule has 0 amide bonds. The second-order valence-corrected chi connectivity index (χ2v) is 4.00. The van der Waals surface area contributed by atoms with Crippen molar-refractivity contribution in [2.45, 2.75) is 4.90 Å². The van der Waals surface area contributed by atoms with E-state index in [0.717, 1.165) is 0 Å². The Balaban J connectivity index is 2.78. The molecule has 15 heavy (non-hydrogen) atoms. The van der Waals surface area contributed by atoms with Crippen molar-refractivity contribution in [2.75, 3.05) is 32.3 Å². The van der Waals surface area contributed by atoms with E-state index in [0.29, 0.717) is 28.7 Å². The SMILES string of the molecule is COCCSc1cc(OC)c(N)cc1F. The summed E-state index contributed by atoms with van der Waals surface area (Å²) in [7, 11) is 3.12. The van der Waals surface area contributed by atoms with Crippen LogP contribution in [-0.4, -0.2) is 26.6 Å². The van der Waals surface area contributed by atoms with E-state index in [1.54, 1.807) is 13.2 Å². The Kier molecular flexibility index (Phi) is 4.71. The van der Waals surface area contributed by atoms with Gasteiger partial charge in [-0.1, -0.05) is 0 Å². The molecule has 0 unspecified atom stereocenters. The number of anilines is 1. The summed E-state index contributed by atoms with van der Waals surface area (Å²) in [5.74, 6) is 0.867. The maximum Gasteiger partial charge on any atom is 0.143 e. The fourth-order valence-corrected chi connectivity index (χ4v) is 1.93. The lowest BCUT2D eigenvalue weighted by molar-refractivity contribution is 0.218. The Morgan fingerprint density at radius 1 is 1.40 bits per heavy atom. The van der Waals surface area contributed by atoms with Gasteiger partial charge in [0.25, 0.3) is 0 Å². The number of methoxy groups -OCH3 is 2. The van der Waals surface area contributed by atoms with E-state index in [9.17, 15) is 4.39 Å². The molecular formula is C10H14FNO2S. The first kappa shape index (κ1) is 12.1. The minimum Gasteiger partial charge on any atom is -0.495 e. The van der Waals surface area contributed by atoms with Crippen LogP contribution in [-0.2, 0) is 4.74 Å². The van der Waals surface area contributed by atoms with Crippen LogP contribution in [0.5, 0.6) is 5.75 Å². The third-order valence-corrected chi connectivity index (χ3v) is 2.82. The van der Waals surface area contributed by atoms with Gasteiger partial charge in [-0.25, -0.2) is 4.39 Å². The average molecular weight is 231 g/mol. The molecule has 5 heteroatoms. The molecule has 84 valence electrons. The predicted octanol–water partition coefficient (Wildman–Crippen LogP) is 2.16. The van der Waals surface area contributed by atoms with Crippen LogP contribution in [0.1, 0.15) is 0 Å². The normalized spacial score (nSPS) is 10.3. The second kappa shape index (κ2) is 5.82. The van der Waals surface area contributed by atoms with Gasteiger partial charge >= 0.3 is 0 Å². The van der Waals surface area contributed by atoms with Crippen LogP contribution in [0.4, 0.5) is 10.1 Å². The third kappa shape index (κ3) is 3.28. The molecule has 1 aromatic rings.